The molecule has 0 saturated heterocycles. The maximum absolute atomic E-state index is 11.8. The molecule has 0 aliphatic rings. The second kappa shape index (κ2) is 7.10. The van der Waals surface area contributed by atoms with Crippen molar-refractivity contribution in [3.05, 3.63) is 35.9 Å². The second-order valence-electron chi connectivity index (χ2n) is 4.00. The first-order valence-corrected chi connectivity index (χ1v) is 5.66. The number of nitrogens with two attached hydrogens (primary N) is 1. The Bertz CT molecular complexity index is 396. The van der Waals surface area contributed by atoms with E-state index < -0.39 is 24.7 Å². The lowest BCUT2D eigenvalue weighted by molar-refractivity contribution is -0.192. The first-order valence-electron chi connectivity index (χ1n) is 5.66. The van der Waals surface area contributed by atoms with Crippen LogP contribution in [0.4, 0.5) is 13.2 Å². The molecule has 19 heavy (non-hydrogen) atoms. The van der Waals surface area contributed by atoms with Crippen LogP contribution in [0.3, 0.4) is 0 Å². The molecule has 0 aromatic heterocycles. The minimum atomic E-state index is -4.48. The largest absolute Gasteiger partial charge is 0.414 e. The van der Waals surface area contributed by atoms with Gasteiger partial charge in [-0.3, -0.25) is 9.63 Å². The molecule has 1 atom stereocenters. The second-order valence-corrected chi connectivity index (χ2v) is 4.00. The summed E-state index contributed by atoms with van der Waals surface area (Å²) >= 11 is 0. The Morgan fingerprint density at radius 3 is 2.53 bits per heavy atom. The molecule has 1 aromatic rings. The van der Waals surface area contributed by atoms with Crippen molar-refractivity contribution in [1.82, 2.24) is 5.48 Å². The molecule has 1 aromatic carbocycles. The SMILES string of the molecule is NC(CCc1ccccc1)C(=O)NOCC(F)(F)F. The molecular formula is C12H15F3N2O2. The molecule has 1 amide bonds. The fourth-order valence-corrected chi connectivity index (χ4v) is 1.36. The molecule has 0 heterocycles. The molecule has 0 bridgehead atoms. The van der Waals surface area contributed by atoms with E-state index in [4.69, 9.17) is 5.73 Å². The van der Waals surface area contributed by atoms with Crippen LogP contribution in [0.2, 0.25) is 0 Å². The van der Waals surface area contributed by atoms with Crippen LogP contribution in [0.25, 0.3) is 0 Å². The number of hydroxylamine groups is 1. The van der Waals surface area contributed by atoms with Crippen LogP contribution in [-0.2, 0) is 16.1 Å². The maximum Gasteiger partial charge on any atom is 0.414 e. The fourth-order valence-electron chi connectivity index (χ4n) is 1.36. The summed E-state index contributed by atoms with van der Waals surface area (Å²) in [6.07, 6.45) is -3.60. The minimum Gasteiger partial charge on any atom is -0.320 e. The highest BCUT2D eigenvalue weighted by molar-refractivity contribution is 5.80. The van der Waals surface area contributed by atoms with E-state index in [1.54, 1.807) is 5.48 Å². The number of rotatable bonds is 6. The molecule has 0 aliphatic carbocycles. The van der Waals surface area contributed by atoms with E-state index in [2.05, 4.69) is 4.84 Å². The highest BCUT2D eigenvalue weighted by Crippen LogP contribution is 2.13. The van der Waals surface area contributed by atoms with Crippen LogP contribution >= 0.6 is 0 Å². The first kappa shape index (κ1) is 15.5. The third-order valence-corrected chi connectivity index (χ3v) is 2.33. The summed E-state index contributed by atoms with van der Waals surface area (Å²) in [5.74, 6) is -0.764. The number of halogens is 3. The standard InChI is InChI=1S/C12H15F3N2O2/c13-12(14,15)8-19-17-11(18)10(16)7-6-9-4-2-1-3-5-9/h1-5,10H,6-8,16H2,(H,17,18). The molecule has 4 nitrogen and oxygen atoms in total. The summed E-state index contributed by atoms with van der Waals surface area (Å²) in [5, 5.41) is 0. The van der Waals surface area contributed by atoms with Crippen molar-refractivity contribution >= 4 is 5.91 Å². The normalized spacial score (nSPS) is 13.1. The van der Waals surface area contributed by atoms with Crippen LogP contribution < -0.4 is 11.2 Å². The molecular weight excluding hydrogens is 261 g/mol. The predicted octanol–water partition coefficient (Wildman–Crippen LogP) is 1.56. The predicted molar refractivity (Wildman–Crippen MR) is 62.9 cm³/mol. The molecule has 0 saturated carbocycles. The third-order valence-electron chi connectivity index (χ3n) is 2.33. The van der Waals surface area contributed by atoms with E-state index in [9.17, 15) is 18.0 Å². The lowest BCUT2D eigenvalue weighted by atomic mass is 10.1. The van der Waals surface area contributed by atoms with Gasteiger partial charge in [-0.15, -0.1) is 0 Å². The van der Waals surface area contributed by atoms with E-state index in [1.807, 2.05) is 30.3 Å². The van der Waals surface area contributed by atoms with Crippen molar-refractivity contribution < 1.29 is 22.8 Å². The van der Waals surface area contributed by atoms with E-state index in [1.165, 1.54) is 0 Å². The van der Waals surface area contributed by atoms with Crippen LogP contribution in [0, 0.1) is 0 Å². The number of alkyl halides is 3. The number of carbonyl (C=O) groups excluding carboxylic acids is 1. The zero-order valence-corrected chi connectivity index (χ0v) is 10.1. The van der Waals surface area contributed by atoms with Gasteiger partial charge in [0.25, 0.3) is 5.91 Å². The third kappa shape index (κ3) is 6.78. The molecule has 7 heteroatoms. The van der Waals surface area contributed by atoms with E-state index >= 15 is 0 Å². The Labute approximate surface area is 108 Å². The summed E-state index contributed by atoms with van der Waals surface area (Å²) in [6, 6.07) is 8.42. The highest BCUT2D eigenvalue weighted by Gasteiger charge is 2.28. The number of carbonyl (C=O) groups is 1. The Morgan fingerprint density at radius 1 is 1.32 bits per heavy atom. The molecule has 0 aliphatic heterocycles. The minimum absolute atomic E-state index is 0.325. The van der Waals surface area contributed by atoms with Gasteiger partial charge >= 0.3 is 6.18 Å². The van der Waals surface area contributed by atoms with Crippen molar-refractivity contribution in [2.24, 2.45) is 5.73 Å². The number of amides is 1. The van der Waals surface area contributed by atoms with Crippen molar-refractivity contribution in [1.29, 1.82) is 0 Å². The molecule has 0 fully saturated rings. The van der Waals surface area contributed by atoms with Gasteiger partial charge in [0.1, 0.15) is 0 Å². The number of nitrogens with one attached hydrogen (secondary N) is 1. The first-order chi connectivity index (χ1) is 8.88. The molecule has 0 radical (unpaired) electrons. The number of aryl methyl sites for hydroxylation is 1. The summed E-state index contributed by atoms with van der Waals surface area (Å²) < 4.78 is 35.3. The molecule has 3 N–H and O–H groups in total. The summed E-state index contributed by atoms with van der Waals surface area (Å²) in [4.78, 5) is 15.4. The Kier molecular flexibility index (Phi) is 5.78. The van der Waals surface area contributed by atoms with Gasteiger partial charge in [0, 0.05) is 0 Å². The van der Waals surface area contributed by atoms with Crippen molar-refractivity contribution in [3.8, 4) is 0 Å². The van der Waals surface area contributed by atoms with Crippen LogP contribution in [0.5, 0.6) is 0 Å². The van der Waals surface area contributed by atoms with Gasteiger partial charge in [-0.1, -0.05) is 30.3 Å². The van der Waals surface area contributed by atoms with Crippen LogP contribution in [0.15, 0.2) is 30.3 Å². The van der Waals surface area contributed by atoms with E-state index in [-0.39, 0.29) is 0 Å². The van der Waals surface area contributed by atoms with Gasteiger partial charge in [0.2, 0.25) is 0 Å². The van der Waals surface area contributed by atoms with Crippen LogP contribution in [-0.4, -0.2) is 24.7 Å². The molecule has 1 rings (SSSR count). The fraction of sp³-hybridized carbons (Fsp3) is 0.417. The van der Waals surface area contributed by atoms with Crippen molar-refractivity contribution in [3.63, 3.8) is 0 Å². The lowest BCUT2D eigenvalue weighted by Gasteiger charge is -2.13. The van der Waals surface area contributed by atoms with E-state index in [0.29, 0.717) is 12.8 Å². The lowest BCUT2D eigenvalue weighted by Crippen LogP contribution is -2.42. The number of hydrogen-bond acceptors (Lipinski definition) is 3. The average molecular weight is 276 g/mol. The Morgan fingerprint density at radius 2 is 1.95 bits per heavy atom. The van der Waals surface area contributed by atoms with Gasteiger partial charge in [-0.25, -0.2) is 5.48 Å². The van der Waals surface area contributed by atoms with Gasteiger partial charge < -0.3 is 5.73 Å². The average Bonchev–Trinajstić information content (AvgIpc) is 2.35. The molecule has 106 valence electrons. The quantitative estimate of drug-likeness (QED) is 0.775. The van der Waals surface area contributed by atoms with Gasteiger partial charge in [0.05, 0.1) is 6.04 Å². The summed E-state index contributed by atoms with van der Waals surface area (Å²) in [5.41, 5.74) is 8.23. The Hall–Kier alpha value is -1.60. The summed E-state index contributed by atoms with van der Waals surface area (Å²) in [7, 11) is 0. The van der Waals surface area contributed by atoms with Gasteiger partial charge in [-0.05, 0) is 18.4 Å². The summed E-state index contributed by atoms with van der Waals surface area (Å²) in [6.45, 7) is -1.54. The topological polar surface area (TPSA) is 64.4 Å². The number of hydrogen-bond donors (Lipinski definition) is 2. The van der Waals surface area contributed by atoms with E-state index in [0.717, 1.165) is 5.56 Å². The van der Waals surface area contributed by atoms with Crippen molar-refractivity contribution in [2.75, 3.05) is 6.61 Å². The monoisotopic (exact) mass is 276 g/mol. The van der Waals surface area contributed by atoms with Crippen molar-refractivity contribution in [2.45, 2.75) is 25.1 Å². The van der Waals surface area contributed by atoms with Gasteiger partial charge in [0.15, 0.2) is 6.61 Å². The van der Waals surface area contributed by atoms with Gasteiger partial charge in [-0.2, -0.15) is 13.2 Å². The smallest absolute Gasteiger partial charge is 0.320 e. The Balaban J connectivity index is 2.25. The highest BCUT2D eigenvalue weighted by atomic mass is 19.4. The van der Waals surface area contributed by atoms with Crippen LogP contribution in [0.1, 0.15) is 12.0 Å². The maximum atomic E-state index is 11.8. The molecule has 1 unspecified atom stereocenters. The number of benzene rings is 1. The zero-order valence-electron chi connectivity index (χ0n) is 10.1. The molecule has 0 spiro atoms. The zero-order chi connectivity index (χ0) is 14.3.